The molecule has 2 bridgehead atoms. The van der Waals surface area contributed by atoms with E-state index in [1.165, 1.54) is 6.42 Å². The van der Waals surface area contributed by atoms with Crippen molar-refractivity contribution in [1.82, 2.24) is 10.0 Å². The predicted octanol–water partition coefficient (Wildman–Crippen LogP) is 0.584. The Balaban J connectivity index is 1.78. The summed E-state index contributed by atoms with van der Waals surface area (Å²) in [6, 6.07) is 0.119. The van der Waals surface area contributed by atoms with Crippen molar-refractivity contribution in [3.05, 3.63) is 0 Å². The first-order valence-corrected chi connectivity index (χ1v) is 9.97. The highest BCUT2D eigenvalue weighted by Gasteiger charge is 2.40. The molecule has 0 aliphatic heterocycles. The number of nitrogens with one attached hydrogen (secondary N) is 2. The molecule has 2 saturated carbocycles. The van der Waals surface area contributed by atoms with Crippen molar-refractivity contribution < 1.29 is 13.2 Å². The number of amides is 1. The normalized spacial score (nSPS) is 32.0. The van der Waals surface area contributed by atoms with Gasteiger partial charge in [-0.25, -0.2) is 13.1 Å². The summed E-state index contributed by atoms with van der Waals surface area (Å²) in [5.74, 6) is 0.819. The SMILES string of the molecule is CC(C)NS(=O)(=O)CCNC(=O)C1CC2CCCC(C1)C2N. The lowest BCUT2D eigenvalue weighted by molar-refractivity contribution is -0.127. The summed E-state index contributed by atoms with van der Waals surface area (Å²) < 4.78 is 26.0. The first-order valence-electron chi connectivity index (χ1n) is 8.32. The molecular formula is C15H29N3O3S. The van der Waals surface area contributed by atoms with Crippen molar-refractivity contribution in [1.29, 1.82) is 0 Å². The van der Waals surface area contributed by atoms with Gasteiger partial charge < -0.3 is 11.1 Å². The van der Waals surface area contributed by atoms with E-state index < -0.39 is 10.0 Å². The minimum Gasteiger partial charge on any atom is -0.355 e. The standard InChI is InChI=1S/C15H29N3O3S/c1-10(2)18-22(20,21)7-6-17-15(19)13-8-11-4-3-5-12(9-13)14(11)16/h10-14,18H,3-9,16H2,1-2H3,(H,17,19). The molecule has 0 saturated heterocycles. The number of rotatable bonds is 6. The predicted molar refractivity (Wildman–Crippen MR) is 86.6 cm³/mol. The van der Waals surface area contributed by atoms with Gasteiger partial charge in [0.15, 0.2) is 0 Å². The topological polar surface area (TPSA) is 101 Å². The summed E-state index contributed by atoms with van der Waals surface area (Å²) in [5, 5.41) is 2.79. The molecule has 0 heterocycles. The number of carbonyl (C=O) groups excluding carboxylic acids is 1. The van der Waals surface area contributed by atoms with Gasteiger partial charge in [0, 0.05) is 24.5 Å². The van der Waals surface area contributed by atoms with Crippen LogP contribution >= 0.6 is 0 Å². The number of carbonyl (C=O) groups is 1. The third-order valence-corrected chi connectivity index (χ3v) is 6.44. The largest absolute Gasteiger partial charge is 0.355 e. The molecular weight excluding hydrogens is 302 g/mol. The molecule has 2 aliphatic carbocycles. The van der Waals surface area contributed by atoms with Crippen LogP contribution in [-0.4, -0.2) is 38.7 Å². The zero-order chi connectivity index (χ0) is 16.3. The van der Waals surface area contributed by atoms with Crippen LogP contribution in [0.5, 0.6) is 0 Å². The number of sulfonamides is 1. The van der Waals surface area contributed by atoms with E-state index in [0.717, 1.165) is 25.7 Å². The molecule has 0 aromatic carbocycles. The smallest absolute Gasteiger partial charge is 0.223 e. The van der Waals surface area contributed by atoms with Crippen LogP contribution in [0.2, 0.25) is 0 Å². The minimum atomic E-state index is -3.32. The summed E-state index contributed by atoms with van der Waals surface area (Å²) >= 11 is 0. The molecule has 2 unspecified atom stereocenters. The van der Waals surface area contributed by atoms with Crippen LogP contribution < -0.4 is 15.8 Å². The van der Waals surface area contributed by atoms with E-state index in [1.54, 1.807) is 13.8 Å². The lowest BCUT2D eigenvalue weighted by Crippen LogP contribution is -2.49. The van der Waals surface area contributed by atoms with Gasteiger partial charge in [-0.05, 0) is 51.4 Å². The van der Waals surface area contributed by atoms with Gasteiger partial charge >= 0.3 is 0 Å². The van der Waals surface area contributed by atoms with Crippen molar-refractivity contribution in [2.24, 2.45) is 23.5 Å². The number of hydrogen-bond acceptors (Lipinski definition) is 4. The van der Waals surface area contributed by atoms with Crippen LogP contribution in [0.4, 0.5) is 0 Å². The Morgan fingerprint density at radius 2 is 1.82 bits per heavy atom. The molecule has 22 heavy (non-hydrogen) atoms. The third-order valence-electron chi connectivity index (χ3n) is 4.87. The van der Waals surface area contributed by atoms with Gasteiger partial charge in [-0.15, -0.1) is 0 Å². The van der Waals surface area contributed by atoms with Gasteiger partial charge in [0.25, 0.3) is 0 Å². The Labute approximate surface area is 133 Å². The average Bonchev–Trinajstić information content (AvgIpc) is 2.36. The lowest BCUT2D eigenvalue weighted by atomic mass is 9.65. The molecule has 0 spiro atoms. The highest BCUT2D eigenvalue weighted by atomic mass is 32.2. The van der Waals surface area contributed by atoms with Gasteiger partial charge in [0.05, 0.1) is 5.75 Å². The molecule has 2 rings (SSSR count). The minimum absolute atomic E-state index is 0.00383. The number of nitrogens with two attached hydrogens (primary N) is 1. The van der Waals surface area contributed by atoms with Gasteiger partial charge in [-0.3, -0.25) is 4.79 Å². The van der Waals surface area contributed by atoms with E-state index in [-0.39, 0.29) is 36.2 Å². The van der Waals surface area contributed by atoms with Crippen LogP contribution in [0.25, 0.3) is 0 Å². The van der Waals surface area contributed by atoms with Crippen LogP contribution in [0.3, 0.4) is 0 Å². The zero-order valence-corrected chi connectivity index (χ0v) is 14.4. The molecule has 2 fully saturated rings. The van der Waals surface area contributed by atoms with Crippen molar-refractivity contribution in [2.45, 2.75) is 58.0 Å². The maximum atomic E-state index is 12.3. The zero-order valence-electron chi connectivity index (χ0n) is 13.5. The van der Waals surface area contributed by atoms with E-state index in [2.05, 4.69) is 10.0 Å². The van der Waals surface area contributed by atoms with Crippen molar-refractivity contribution in [3.8, 4) is 0 Å². The first-order chi connectivity index (χ1) is 10.3. The highest BCUT2D eigenvalue weighted by Crippen LogP contribution is 2.41. The monoisotopic (exact) mass is 331 g/mol. The summed E-state index contributed by atoms with van der Waals surface area (Å²) in [7, 11) is -3.32. The van der Waals surface area contributed by atoms with Gasteiger partial charge in [0.2, 0.25) is 15.9 Å². The van der Waals surface area contributed by atoms with E-state index in [9.17, 15) is 13.2 Å². The molecule has 0 aromatic rings. The maximum absolute atomic E-state index is 12.3. The lowest BCUT2D eigenvalue weighted by Gasteiger charge is -2.43. The Morgan fingerprint density at radius 3 is 2.36 bits per heavy atom. The second kappa shape index (κ2) is 7.27. The van der Waals surface area contributed by atoms with Crippen LogP contribution in [-0.2, 0) is 14.8 Å². The maximum Gasteiger partial charge on any atom is 0.223 e. The summed E-state index contributed by atoms with van der Waals surface area (Å²) in [4.78, 5) is 12.3. The van der Waals surface area contributed by atoms with Crippen LogP contribution in [0.15, 0.2) is 0 Å². The summed E-state index contributed by atoms with van der Waals surface area (Å²) in [6.45, 7) is 3.72. The molecule has 0 aromatic heterocycles. The van der Waals surface area contributed by atoms with Gasteiger partial charge in [-0.1, -0.05) is 6.42 Å². The van der Waals surface area contributed by atoms with Crippen molar-refractivity contribution in [3.63, 3.8) is 0 Å². The Morgan fingerprint density at radius 1 is 1.23 bits per heavy atom. The number of hydrogen-bond donors (Lipinski definition) is 3. The fourth-order valence-corrected chi connectivity index (χ4v) is 5.08. The Kier molecular flexibility index (Phi) is 5.85. The van der Waals surface area contributed by atoms with Gasteiger partial charge in [-0.2, -0.15) is 0 Å². The second-order valence-electron chi connectivity index (χ2n) is 7.08. The summed E-state index contributed by atoms with van der Waals surface area (Å²) in [5.41, 5.74) is 6.23. The first kappa shape index (κ1) is 17.7. The highest BCUT2D eigenvalue weighted by molar-refractivity contribution is 7.89. The molecule has 1 amide bonds. The van der Waals surface area contributed by atoms with E-state index in [0.29, 0.717) is 11.8 Å². The number of fused-ring (bicyclic) bond motifs is 2. The third kappa shape index (κ3) is 4.67. The van der Waals surface area contributed by atoms with Crippen molar-refractivity contribution >= 4 is 15.9 Å². The van der Waals surface area contributed by atoms with Crippen LogP contribution in [0, 0.1) is 17.8 Å². The van der Waals surface area contributed by atoms with E-state index in [4.69, 9.17) is 5.73 Å². The molecule has 7 heteroatoms. The second-order valence-corrected chi connectivity index (χ2v) is 8.95. The summed E-state index contributed by atoms with van der Waals surface area (Å²) in [6.07, 6.45) is 5.15. The molecule has 2 atom stereocenters. The molecule has 2 aliphatic rings. The van der Waals surface area contributed by atoms with Gasteiger partial charge in [0.1, 0.15) is 0 Å². The van der Waals surface area contributed by atoms with Crippen LogP contribution in [0.1, 0.15) is 46.0 Å². The molecule has 6 nitrogen and oxygen atoms in total. The van der Waals surface area contributed by atoms with E-state index >= 15 is 0 Å². The Bertz CT molecular complexity index is 478. The Hall–Kier alpha value is -0.660. The molecule has 0 radical (unpaired) electrons. The fourth-order valence-electron chi connectivity index (χ4n) is 3.87. The average molecular weight is 331 g/mol. The molecule has 128 valence electrons. The fraction of sp³-hybridized carbons (Fsp3) is 0.933. The van der Waals surface area contributed by atoms with E-state index in [1.807, 2.05) is 0 Å². The quantitative estimate of drug-likeness (QED) is 0.663. The van der Waals surface area contributed by atoms with Crippen molar-refractivity contribution in [2.75, 3.05) is 12.3 Å². The molecule has 4 N–H and O–H groups in total.